The molecule has 132 valence electrons. The van der Waals surface area contributed by atoms with Crippen LogP contribution in [-0.2, 0) is 11.2 Å². The molecule has 1 aromatic carbocycles. The summed E-state index contributed by atoms with van der Waals surface area (Å²) in [6.07, 6.45) is 7.83. The normalized spacial score (nSPS) is 26.6. The van der Waals surface area contributed by atoms with Crippen molar-refractivity contribution in [1.29, 1.82) is 0 Å². The van der Waals surface area contributed by atoms with Crippen LogP contribution in [-0.4, -0.2) is 40.6 Å². The Morgan fingerprint density at radius 1 is 1.44 bits per heavy atom. The molecule has 4 rings (SSSR count). The lowest BCUT2D eigenvalue weighted by Crippen LogP contribution is -2.47. The number of likely N-dealkylation sites (tertiary alicyclic amines) is 1. The van der Waals surface area contributed by atoms with Gasteiger partial charge in [0.1, 0.15) is 0 Å². The number of piperidine rings is 1. The number of aromatic nitrogens is 1. The van der Waals surface area contributed by atoms with E-state index in [2.05, 4.69) is 41.3 Å². The number of benzene rings is 1. The molecule has 0 radical (unpaired) electrons. The van der Waals surface area contributed by atoms with Gasteiger partial charge in [0, 0.05) is 41.2 Å². The second kappa shape index (κ2) is 6.34. The van der Waals surface area contributed by atoms with Crippen molar-refractivity contribution in [2.75, 3.05) is 13.6 Å². The van der Waals surface area contributed by atoms with Crippen molar-refractivity contribution >= 4 is 16.9 Å². The van der Waals surface area contributed by atoms with Crippen molar-refractivity contribution in [2.24, 2.45) is 5.92 Å². The number of aromatic amines is 1. The first kappa shape index (κ1) is 16.4. The van der Waals surface area contributed by atoms with Crippen molar-refractivity contribution in [1.82, 2.24) is 9.88 Å². The first-order chi connectivity index (χ1) is 12.1. The van der Waals surface area contributed by atoms with Crippen LogP contribution >= 0.6 is 0 Å². The number of aliphatic carboxylic acids is 1. The highest BCUT2D eigenvalue weighted by molar-refractivity contribution is 5.88. The summed E-state index contributed by atoms with van der Waals surface area (Å²) in [5.41, 5.74) is 4.70. The third-order valence-electron chi connectivity index (χ3n) is 6.17. The van der Waals surface area contributed by atoms with Crippen LogP contribution in [0.5, 0.6) is 0 Å². The number of nitrogens with zero attached hydrogens (tertiary/aromatic N) is 1. The molecule has 3 atom stereocenters. The summed E-state index contributed by atoms with van der Waals surface area (Å²) >= 11 is 0. The van der Waals surface area contributed by atoms with Crippen LogP contribution in [0.3, 0.4) is 0 Å². The first-order valence-corrected chi connectivity index (χ1v) is 9.30. The third kappa shape index (κ3) is 2.78. The average molecular weight is 338 g/mol. The SMILES string of the molecule is CC/C(=C\C[C@@H]1CC2c3cccc4[nH]cc(c34)C[C@H]2N(C)C1)C(=O)O. The molecule has 1 aromatic heterocycles. The predicted octanol–water partition coefficient (Wildman–Crippen LogP) is 3.94. The number of allylic oxidation sites excluding steroid dienone is 1. The number of H-pyrrole nitrogens is 1. The zero-order valence-corrected chi connectivity index (χ0v) is 15.0. The van der Waals surface area contributed by atoms with Gasteiger partial charge in [-0.1, -0.05) is 25.1 Å². The summed E-state index contributed by atoms with van der Waals surface area (Å²) in [4.78, 5) is 17.2. The number of hydrogen-bond donors (Lipinski definition) is 2. The number of hydrogen-bond acceptors (Lipinski definition) is 2. The molecule has 4 nitrogen and oxygen atoms in total. The Kier molecular flexibility index (Phi) is 4.16. The molecule has 2 aromatic rings. The Bertz CT molecular complexity index is 836. The van der Waals surface area contributed by atoms with Gasteiger partial charge >= 0.3 is 5.97 Å². The smallest absolute Gasteiger partial charge is 0.331 e. The fourth-order valence-electron chi connectivity index (χ4n) is 4.92. The van der Waals surface area contributed by atoms with Crippen LogP contribution in [0.15, 0.2) is 36.0 Å². The topological polar surface area (TPSA) is 56.3 Å². The van der Waals surface area contributed by atoms with Gasteiger partial charge in [-0.25, -0.2) is 4.79 Å². The van der Waals surface area contributed by atoms with Gasteiger partial charge in [-0.15, -0.1) is 0 Å². The Labute approximate surface area is 148 Å². The van der Waals surface area contributed by atoms with Gasteiger partial charge in [0.05, 0.1) is 0 Å². The van der Waals surface area contributed by atoms with Crippen LogP contribution in [0.2, 0.25) is 0 Å². The van der Waals surface area contributed by atoms with Gasteiger partial charge in [-0.05, 0) is 55.8 Å². The molecule has 1 saturated heterocycles. The fraction of sp³-hybridized carbons (Fsp3) is 0.476. The fourth-order valence-corrected chi connectivity index (χ4v) is 4.92. The second-order valence-electron chi connectivity index (χ2n) is 7.63. The van der Waals surface area contributed by atoms with E-state index in [1.54, 1.807) is 0 Å². The summed E-state index contributed by atoms with van der Waals surface area (Å²) in [7, 11) is 2.23. The Morgan fingerprint density at radius 2 is 2.28 bits per heavy atom. The molecule has 1 aliphatic carbocycles. The highest BCUT2D eigenvalue weighted by atomic mass is 16.4. The number of carboxylic acids is 1. The van der Waals surface area contributed by atoms with E-state index in [4.69, 9.17) is 0 Å². The zero-order valence-electron chi connectivity index (χ0n) is 15.0. The molecule has 0 spiro atoms. The maximum Gasteiger partial charge on any atom is 0.331 e. The Balaban J connectivity index is 1.62. The summed E-state index contributed by atoms with van der Waals surface area (Å²) < 4.78 is 0. The van der Waals surface area contributed by atoms with E-state index in [9.17, 15) is 9.90 Å². The number of carbonyl (C=O) groups is 1. The number of likely N-dealkylation sites (N-methyl/N-ethyl adjacent to an activating group) is 1. The van der Waals surface area contributed by atoms with E-state index < -0.39 is 5.97 Å². The molecule has 0 bridgehead atoms. The van der Waals surface area contributed by atoms with Crippen molar-refractivity contribution in [3.63, 3.8) is 0 Å². The minimum atomic E-state index is -0.774. The molecule has 2 aliphatic rings. The van der Waals surface area contributed by atoms with Crippen LogP contribution in [0.4, 0.5) is 0 Å². The highest BCUT2D eigenvalue weighted by Crippen LogP contribution is 2.44. The Hall–Kier alpha value is -2.07. The molecule has 4 heteroatoms. The monoisotopic (exact) mass is 338 g/mol. The maximum atomic E-state index is 11.2. The molecular weight excluding hydrogens is 312 g/mol. The van der Waals surface area contributed by atoms with E-state index in [0.29, 0.717) is 29.9 Å². The van der Waals surface area contributed by atoms with Crippen LogP contribution in [0.1, 0.15) is 43.2 Å². The third-order valence-corrected chi connectivity index (χ3v) is 6.17. The van der Waals surface area contributed by atoms with Crippen molar-refractivity contribution in [3.05, 3.63) is 47.2 Å². The second-order valence-corrected chi connectivity index (χ2v) is 7.63. The van der Waals surface area contributed by atoms with Gasteiger partial charge in [0.15, 0.2) is 0 Å². The summed E-state index contributed by atoms with van der Waals surface area (Å²) in [6, 6.07) is 7.16. The summed E-state index contributed by atoms with van der Waals surface area (Å²) in [6.45, 7) is 2.96. The lowest BCUT2D eigenvalue weighted by Gasteiger charge is -2.45. The molecule has 2 N–H and O–H groups in total. The largest absolute Gasteiger partial charge is 0.478 e. The minimum absolute atomic E-state index is 0.517. The molecule has 1 fully saturated rings. The van der Waals surface area contributed by atoms with Gasteiger partial charge in [0.2, 0.25) is 0 Å². The molecule has 0 amide bonds. The Morgan fingerprint density at radius 3 is 3.04 bits per heavy atom. The van der Waals surface area contributed by atoms with Crippen molar-refractivity contribution < 1.29 is 9.90 Å². The molecule has 2 heterocycles. The zero-order chi connectivity index (χ0) is 17.6. The van der Waals surface area contributed by atoms with Gasteiger partial charge in [-0.2, -0.15) is 0 Å². The van der Waals surface area contributed by atoms with E-state index in [0.717, 1.165) is 25.8 Å². The molecule has 25 heavy (non-hydrogen) atoms. The average Bonchev–Trinajstić information content (AvgIpc) is 3.01. The lowest BCUT2D eigenvalue weighted by atomic mass is 9.72. The molecular formula is C21H26N2O2. The lowest BCUT2D eigenvalue weighted by molar-refractivity contribution is -0.132. The first-order valence-electron chi connectivity index (χ1n) is 9.30. The standard InChI is InChI=1S/C21H26N2O2/c1-3-14(21(24)25)8-7-13-9-17-16-5-4-6-18-20(16)15(11-22-18)10-19(17)23(2)12-13/h4-6,8,11,13,17,19,22H,3,7,9-10,12H2,1-2H3,(H,24,25)/b14-8+/t13-,17?,19-/m1/s1. The number of carboxylic acid groups (broad SMARTS) is 1. The molecule has 1 unspecified atom stereocenters. The predicted molar refractivity (Wildman–Crippen MR) is 99.9 cm³/mol. The molecule has 0 saturated carbocycles. The van der Waals surface area contributed by atoms with Crippen LogP contribution in [0.25, 0.3) is 10.9 Å². The van der Waals surface area contributed by atoms with Gasteiger partial charge in [-0.3, -0.25) is 0 Å². The van der Waals surface area contributed by atoms with Crippen molar-refractivity contribution in [3.8, 4) is 0 Å². The van der Waals surface area contributed by atoms with Crippen LogP contribution in [0, 0.1) is 5.92 Å². The minimum Gasteiger partial charge on any atom is -0.478 e. The highest BCUT2D eigenvalue weighted by Gasteiger charge is 2.38. The number of nitrogens with one attached hydrogen (secondary N) is 1. The number of fused-ring (bicyclic) bond motifs is 2. The quantitative estimate of drug-likeness (QED) is 0.830. The van der Waals surface area contributed by atoms with E-state index in [1.165, 1.54) is 22.0 Å². The van der Waals surface area contributed by atoms with E-state index >= 15 is 0 Å². The van der Waals surface area contributed by atoms with E-state index in [-0.39, 0.29) is 0 Å². The number of rotatable bonds is 4. The maximum absolute atomic E-state index is 11.2. The summed E-state index contributed by atoms with van der Waals surface area (Å²) in [5.74, 6) is 0.283. The van der Waals surface area contributed by atoms with Gasteiger partial charge in [0.25, 0.3) is 0 Å². The van der Waals surface area contributed by atoms with E-state index in [1.807, 2.05) is 13.0 Å². The molecule has 1 aliphatic heterocycles. The van der Waals surface area contributed by atoms with Crippen LogP contribution < -0.4 is 0 Å². The van der Waals surface area contributed by atoms with Crippen molar-refractivity contribution in [2.45, 2.75) is 44.6 Å². The summed E-state index contributed by atoms with van der Waals surface area (Å²) in [5, 5.41) is 10.7. The van der Waals surface area contributed by atoms with Gasteiger partial charge < -0.3 is 15.0 Å².